The smallest absolute Gasteiger partial charge is 0.236 e. The Morgan fingerprint density at radius 2 is 2.00 bits per heavy atom. The van der Waals surface area contributed by atoms with Gasteiger partial charge in [-0.3, -0.25) is 14.6 Å². The molecule has 0 aromatic heterocycles. The summed E-state index contributed by atoms with van der Waals surface area (Å²) in [6, 6.07) is 2.05. The van der Waals surface area contributed by atoms with Gasteiger partial charge < -0.3 is 10.2 Å². The van der Waals surface area contributed by atoms with Crippen LogP contribution in [0.1, 0.15) is 6.42 Å². The van der Waals surface area contributed by atoms with E-state index < -0.39 is 0 Å². The maximum atomic E-state index is 11.9. The average Bonchev–Trinajstić information content (AvgIpc) is 2.43. The fraction of sp³-hybridized carbons (Fsp3) is 0.846. The molecule has 0 saturated carbocycles. The Kier molecular flexibility index (Phi) is 7.41. The second kappa shape index (κ2) is 8.86. The van der Waals surface area contributed by atoms with E-state index in [9.17, 15) is 4.79 Å². The first-order chi connectivity index (χ1) is 9.13. The van der Waals surface area contributed by atoms with Crippen LogP contribution in [-0.4, -0.2) is 87.1 Å². The fourth-order valence-electron chi connectivity index (χ4n) is 2.02. The van der Waals surface area contributed by atoms with Gasteiger partial charge in [-0.1, -0.05) is 0 Å². The molecule has 1 N–H and O–H groups in total. The molecule has 1 fully saturated rings. The summed E-state index contributed by atoms with van der Waals surface area (Å²) in [5, 5.41) is 11.8. The van der Waals surface area contributed by atoms with Gasteiger partial charge in [-0.05, 0) is 7.05 Å². The number of carbonyl (C=O) groups is 1. The van der Waals surface area contributed by atoms with Crippen molar-refractivity contribution in [1.29, 1.82) is 5.26 Å². The molecule has 1 saturated heterocycles. The first kappa shape index (κ1) is 15.9. The quantitative estimate of drug-likeness (QED) is 0.654. The molecule has 0 unspecified atom stereocenters. The Morgan fingerprint density at radius 3 is 2.63 bits per heavy atom. The molecule has 0 radical (unpaired) electrons. The minimum atomic E-state index is 0.0815. The van der Waals surface area contributed by atoms with E-state index in [-0.39, 0.29) is 5.91 Å². The topological polar surface area (TPSA) is 62.6 Å². The van der Waals surface area contributed by atoms with Crippen molar-refractivity contribution in [3.63, 3.8) is 0 Å². The molecule has 6 heteroatoms. The van der Waals surface area contributed by atoms with Crippen LogP contribution >= 0.6 is 0 Å². The summed E-state index contributed by atoms with van der Waals surface area (Å²) >= 11 is 0. The standard InChI is InChI=1S/C13H25N5O/c1-16(10-11-18-8-5-15-6-9-18)12-13(19)17(2)7-3-4-14/h15H,3,5-12H2,1-2H3. The normalized spacial score (nSPS) is 16.3. The van der Waals surface area contributed by atoms with Crippen LogP contribution in [0, 0.1) is 11.3 Å². The Bertz CT molecular complexity index is 309. The van der Waals surface area contributed by atoms with Gasteiger partial charge >= 0.3 is 0 Å². The number of nitrogens with one attached hydrogen (secondary N) is 1. The lowest BCUT2D eigenvalue weighted by molar-refractivity contribution is -0.130. The number of likely N-dealkylation sites (N-methyl/N-ethyl adjacent to an activating group) is 2. The van der Waals surface area contributed by atoms with Gasteiger partial charge in [-0.2, -0.15) is 5.26 Å². The molecule has 1 amide bonds. The molecular formula is C13H25N5O. The number of hydrogen-bond acceptors (Lipinski definition) is 5. The summed E-state index contributed by atoms with van der Waals surface area (Å²) in [4.78, 5) is 18.0. The minimum absolute atomic E-state index is 0.0815. The lowest BCUT2D eigenvalue weighted by Gasteiger charge is -2.29. The van der Waals surface area contributed by atoms with E-state index in [1.807, 2.05) is 11.9 Å². The molecule has 19 heavy (non-hydrogen) atoms. The third-order valence-corrected chi connectivity index (χ3v) is 3.40. The average molecular weight is 267 g/mol. The Labute approximate surface area is 115 Å². The molecule has 0 aromatic rings. The van der Waals surface area contributed by atoms with E-state index in [1.165, 1.54) is 0 Å². The fourth-order valence-corrected chi connectivity index (χ4v) is 2.02. The van der Waals surface area contributed by atoms with Crippen LogP contribution in [0.3, 0.4) is 0 Å². The van der Waals surface area contributed by atoms with Gasteiger partial charge in [-0.25, -0.2) is 0 Å². The van der Waals surface area contributed by atoms with Gasteiger partial charge in [0.1, 0.15) is 0 Å². The van der Waals surface area contributed by atoms with Crippen molar-refractivity contribution in [3.05, 3.63) is 0 Å². The van der Waals surface area contributed by atoms with E-state index in [0.717, 1.165) is 39.3 Å². The van der Waals surface area contributed by atoms with Crippen LogP contribution in [0.25, 0.3) is 0 Å². The summed E-state index contributed by atoms with van der Waals surface area (Å²) < 4.78 is 0. The third kappa shape index (κ3) is 6.53. The van der Waals surface area contributed by atoms with Gasteiger partial charge in [0.15, 0.2) is 0 Å². The van der Waals surface area contributed by atoms with E-state index in [4.69, 9.17) is 5.26 Å². The lowest BCUT2D eigenvalue weighted by Crippen LogP contribution is -2.46. The number of amides is 1. The molecule has 1 heterocycles. The van der Waals surface area contributed by atoms with Gasteiger partial charge in [0.05, 0.1) is 19.0 Å². The first-order valence-corrected chi connectivity index (χ1v) is 6.86. The molecule has 6 nitrogen and oxygen atoms in total. The summed E-state index contributed by atoms with van der Waals surface area (Å²) in [6.07, 6.45) is 0.396. The molecule has 0 atom stereocenters. The van der Waals surface area contributed by atoms with Crippen molar-refractivity contribution < 1.29 is 4.79 Å². The maximum Gasteiger partial charge on any atom is 0.236 e. The molecule has 0 spiro atoms. The van der Waals surface area contributed by atoms with E-state index in [1.54, 1.807) is 11.9 Å². The SMILES string of the molecule is CN(CCN1CCNCC1)CC(=O)N(C)CCC#N. The van der Waals surface area contributed by atoms with Crippen LogP contribution in [0.2, 0.25) is 0 Å². The monoisotopic (exact) mass is 267 g/mol. The van der Waals surface area contributed by atoms with Gasteiger partial charge in [-0.15, -0.1) is 0 Å². The summed E-state index contributed by atoms with van der Waals surface area (Å²) in [5.41, 5.74) is 0. The molecule has 108 valence electrons. The Hall–Kier alpha value is -1.16. The number of hydrogen-bond donors (Lipinski definition) is 1. The number of nitriles is 1. The highest BCUT2D eigenvalue weighted by molar-refractivity contribution is 5.77. The molecule has 0 bridgehead atoms. The largest absolute Gasteiger partial charge is 0.344 e. The van der Waals surface area contributed by atoms with Crippen molar-refractivity contribution in [2.45, 2.75) is 6.42 Å². The van der Waals surface area contributed by atoms with Gasteiger partial charge in [0.25, 0.3) is 0 Å². The predicted octanol–water partition coefficient (Wildman–Crippen LogP) is -0.805. The maximum absolute atomic E-state index is 11.9. The highest BCUT2D eigenvalue weighted by Crippen LogP contribution is 1.95. The zero-order valence-corrected chi connectivity index (χ0v) is 12.1. The van der Waals surface area contributed by atoms with Crippen molar-refractivity contribution >= 4 is 5.91 Å². The van der Waals surface area contributed by atoms with E-state index >= 15 is 0 Å². The van der Waals surface area contributed by atoms with Crippen LogP contribution in [0.4, 0.5) is 0 Å². The molecule has 1 aliphatic heterocycles. The van der Waals surface area contributed by atoms with E-state index in [2.05, 4.69) is 16.3 Å². The van der Waals surface area contributed by atoms with Crippen molar-refractivity contribution in [1.82, 2.24) is 20.0 Å². The third-order valence-electron chi connectivity index (χ3n) is 3.40. The number of carbonyl (C=O) groups excluding carboxylic acids is 1. The number of piperazine rings is 1. The molecule has 1 rings (SSSR count). The zero-order valence-electron chi connectivity index (χ0n) is 12.1. The molecule has 1 aliphatic rings. The molecule has 0 aliphatic carbocycles. The van der Waals surface area contributed by atoms with Crippen molar-refractivity contribution in [2.24, 2.45) is 0 Å². The first-order valence-electron chi connectivity index (χ1n) is 6.86. The van der Waals surface area contributed by atoms with Gasteiger partial charge in [0, 0.05) is 52.9 Å². The Balaban J connectivity index is 2.17. The summed E-state index contributed by atoms with van der Waals surface area (Å²) in [6.45, 7) is 7.13. The van der Waals surface area contributed by atoms with Crippen LogP contribution in [-0.2, 0) is 4.79 Å². The molecule has 0 aromatic carbocycles. The number of nitrogens with zero attached hydrogens (tertiary/aromatic N) is 4. The van der Waals surface area contributed by atoms with Crippen LogP contribution in [0.15, 0.2) is 0 Å². The summed E-state index contributed by atoms with van der Waals surface area (Å²) in [7, 11) is 3.72. The van der Waals surface area contributed by atoms with Crippen LogP contribution < -0.4 is 5.32 Å². The van der Waals surface area contributed by atoms with E-state index in [0.29, 0.717) is 19.5 Å². The minimum Gasteiger partial charge on any atom is -0.344 e. The second-order valence-electron chi connectivity index (χ2n) is 5.05. The highest BCUT2D eigenvalue weighted by Gasteiger charge is 2.13. The van der Waals surface area contributed by atoms with Crippen LogP contribution in [0.5, 0.6) is 0 Å². The highest BCUT2D eigenvalue weighted by atomic mass is 16.2. The zero-order chi connectivity index (χ0) is 14.1. The van der Waals surface area contributed by atoms with Crippen molar-refractivity contribution in [3.8, 4) is 6.07 Å². The van der Waals surface area contributed by atoms with Gasteiger partial charge in [0.2, 0.25) is 5.91 Å². The predicted molar refractivity (Wildman–Crippen MR) is 74.7 cm³/mol. The second-order valence-corrected chi connectivity index (χ2v) is 5.05. The Morgan fingerprint density at radius 1 is 1.32 bits per heavy atom. The lowest BCUT2D eigenvalue weighted by atomic mass is 10.3. The van der Waals surface area contributed by atoms with Crippen molar-refractivity contribution in [2.75, 3.05) is 66.5 Å². The number of rotatable bonds is 7. The molecular weight excluding hydrogens is 242 g/mol. The summed E-state index contributed by atoms with van der Waals surface area (Å²) in [5.74, 6) is 0.0815.